The fourth-order valence-corrected chi connectivity index (χ4v) is 9.10. The number of hydrogen-bond acceptors (Lipinski definition) is 6. The highest BCUT2D eigenvalue weighted by atomic mass is 32.1. The van der Waals surface area contributed by atoms with E-state index in [-0.39, 0.29) is 17.2 Å². The van der Waals surface area contributed by atoms with Crippen LogP contribution in [0, 0.1) is 23.7 Å². The Hall–Kier alpha value is -3.36. The fourth-order valence-electron chi connectivity index (χ4n) is 8.13. The molecule has 2 aliphatic carbocycles. The van der Waals surface area contributed by atoms with E-state index >= 15 is 0 Å². The number of aromatic nitrogens is 2. The molecule has 2 fully saturated rings. The highest BCUT2D eigenvalue weighted by Crippen LogP contribution is 2.42. The molecule has 6 rings (SSSR count). The van der Waals surface area contributed by atoms with E-state index in [0.29, 0.717) is 29.6 Å². The Balaban J connectivity index is 1.06. The molecule has 8 heteroatoms. The lowest BCUT2D eigenvalue weighted by atomic mass is 9.70. The Kier molecular flexibility index (Phi) is 12.2. The summed E-state index contributed by atoms with van der Waals surface area (Å²) >= 11 is 1.49. The lowest BCUT2D eigenvalue weighted by molar-refractivity contribution is -0.123. The van der Waals surface area contributed by atoms with Gasteiger partial charge in [-0.15, -0.1) is 11.3 Å². The summed E-state index contributed by atoms with van der Waals surface area (Å²) in [5.74, 6) is 3.45. The van der Waals surface area contributed by atoms with Crippen molar-refractivity contribution in [2.75, 3.05) is 19.6 Å². The zero-order chi connectivity index (χ0) is 35.1. The predicted octanol–water partition coefficient (Wildman–Crippen LogP) is 8.36. The molecule has 2 amide bonds. The SMILES string of the molecule is CCCC1CCC(C2CC=C(c3cnc(-c4ccc(C[C@H](NC(=O)c5ccc(C(C)(C)C)s5)C(=O)NCC5CCNC5)cc4)nc3)CC2)CC1. The van der Waals surface area contributed by atoms with Gasteiger partial charge in [-0.3, -0.25) is 9.59 Å². The van der Waals surface area contributed by atoms with E-state index in [1.807, 2.05) is 48.8 Å². The van der Waals surface area contributed by atoms with Crippen molar-refractivity contribution in [1.29, 1.82) is 0 Å². The predicted molar refractivity (Wildman–Crippen MR) is 205 cm³/mol. The van der Waals surface area contributed by atoms with Crippen molar-refractivity contribution in [3.05, 3.63) is 75.7 Å². The number of amides is 2. The lowest BCUT2D eigenvalue weighted by Gasteiger charge is -2.35. The standard InChI is InChI=1S/C42H57N5O2S/c1-5-6-28-7-11-31(12-8-28)32-15-17-33(18-16-32)35-26-44-39(45-27-35)34-13-9-29(10-14-34)23-36(40(48)46-25-30-21-22-43-24-30)47-41(49)37-19-20-38(50-37)42(2,3)4/h9-10,13-14,17,19-20,26-28,30-32,36,43H,5-8,11-12,15-16,18,21-25H2,1-4H3,(H,46,48)(H,47,49)/t28?,30?,31?,32?,36-/m0/s1. The number of nitrogens with one attached hydrogen (secondary N) is 3. The topological polar surface area (TPSA) is 96.0 Å². The first-order chi connectivity index (χ1) is 24.2. The van der Waals surface area contributed by atoms with Gasteiger partial charge in [0, 0.05) is 41.4 Å². The van der Waals surface area contributed by atoms with Crippen molar-refractivity contribution in [2.45, 2.75) is 110 Å². The van der Waals surface area contributed by atoms with Gasteiger partial charge >= 0.3 is 0 Å². The van der Waals surface area contributed by atoms with Crippen LogP contribution in [0.2, 0.25) is 0 Å². The molecule has 3 heterocycles. The number of carbonyl (C=O) groups is 2. The quantitative estimate of drug-likeness (QED) is 0.177. The zero-order valence-corrected chi connectivity index (χ0v) is 31.4. The molecule has 0 bridgehead atoms. The minimum Gasteiger partial charge on any atom is -0.354 e. The average Bonchev–Trinajstić information content (AvgIpc) is 3.85. The molecular weight excluding hydrogens is 639 g/mol. The molecule has 2 unspecified atom stereocenters. The van der Waals surface area contributed by atoms with Gasteiger partial charge in [0.05, 0.1) is 4.88 Å². The molecule has 2 aromatic heterocycles. The maximum absolute atomic E-state index is 13.5. The minimum absolute atomic E-state index is 0.0372. The van der Waals surface area contributed by atoms with Crippen molar-refractivity contribution in [3.8, 4) is 11.4 Å². The van der Waals surface area contributed by atoms with E-state index in [4.69, 9.17) is 9.97 Å². The van der Waals surface area contributed by atoms with Crippen molar-refractivity contribution < 1.29 is 9.59 Å². The molecule has 7 nitrogen and oxygen atoms in total. The summed E-state index contributed by atoms with van der Waals surface area (Å²) in [6.45, 7) is 11.2. The van der Waals surface area contributed by atoms with Crippen LogP contribution in [-0.4, -0.2) is 47.5 Å². The van der Waals surface area contributed by atoms with Crippen LogP contribution in [0.25, 0.3) is 17.0 Å². The lowest BCUT2D eigenvalue weighted by Crippen LogP contribution is -2.49. The molecule has 1 saturated heterocycles. The van der Waals surface area contributed by atoms with Gasteiger partial charge in [-0.2, -0.15) is 0 Å². The Bertz CT molecular complexity index is 1590. The van der Waals surface area contributed by atoms with Crippen molar-refractivity contribution in [3.63, 3.8) is 0 Å². The summed E-state index contributed by atoms with van der Waals surface area (Å²) in [5.41, 5.74) is 4.38. The molecule has 1 aliphatic heterocycles. The highest BCUT2D eigenvalue weighted by Gasteiger charge is 2.29. The Morgan fingerprint density at radius 1 is 0.920 bits per heavy atom. The molecule has 50 heavy (non-hydrogen) atoms. The molecule has 1 aromatic carbocycles. The molecule has 3 atom stereocenters. The summed E-state index contributed by atoms with van der Waals surface area (Å²) in [5, 5.41) is 9.51. The van der Waals surface area contributed by atoms with Crippen LogP contribution in [-0.2, 0) is 16.6 Å². The van der Waals surface area contributed by atoms with Crippen LogP contribution >= 0.6 is 11.3 Å². The van der Waals surface area contributed by atoms with E-state index in [0.717, 1.165) is 65.3 Å². The first-order valence-corrected chi connectivity index (χ1v) is 20.0. The van der Waals surface area contributed by atoms with Crippen LogP contribution in [0.15, 0.2) is 54.9 Å². The van der Waals surface area contributed by atoms with Crippen LogP contribution in [0.5, 0.6) is 0 Å². The molecule has 3 aromatic rings. The van der Waals surface area contributed by atoms with Crippen LogP contribution < -0.4 is 16.0 Å². The van der Waals surface area contributed by atoms with E-state index in [9.17, 15) is 9.59 Å². The van der Waals surface area contributed by atoms with Crippen molar-refractivity contribution >= 4 is 28.7 Å². The molecular formula is C42H57N5O2S. The monoisotopic (exact) mass is 695 g/mol. The first-order valence-electron chi connectivity index (χ1n) is 19.2. The van der Waals surface area contributed by atoms with E-state index < -0.39 is 6.04 Å². The largest absolute Gasteiger partial charge is 0.354 e. The summed E-state index contributed by atoms with van der Waals surface area (Å²) in [6.07, 6.45) is 19.9. The first kappa shape index (κ1) is 36.4. The van der Waals surface area contributed by atoms with Gasteiger partial charge in [-0.05, 0) is 104 Å². The summed E-state index contributed by atoms with van der Waals surface area (Å²) in [7, 11) is 0. The molecule has 0 radical (unpaired) electrons. The van der Waals surface area contributed by atoms with Gasteiger partial charge < -0.3 is 16.0 Å². The number of allylic oxidation sites excluding steroid dienone is 2. The third kappa shape index (κ3) is 9.49. The van der Waals surface area contributed by atoms with Crippen LogP contribution in [0.1, 0.15) is 118 Å². The van der Waals surface area contributed by atoms with Gasteiger partial charge in [-0.1, -0.05) is 83.7 Å². The average molecular weight is 696 g/mol. The fraction of sp³-hybridized carbons (Fsp3) is 0.571. The maximum Gasteiger partial charge on any atom is 0.262 e. The van der Waals surface area contributed by atoms with Crippen LogP contribution in [0.4, 0.5) is 0 Å². The molecule has 0 spiro atoms. The zero-order valence-electron chi connectivity index (χ0n) is 30.6. The smallest absolute Gasteiger partial charge is 0.262 e. The number of hydrogen-bond donors (Lipinski definition) is 3. The van der Waals surface area contributed by atoms with Crippen molar-refractivity contribution in [2.24, 2.45) is 23.7 Å². The third-order valence-corrected chi connectivity index (χ3v) is 12.8. The molecule has 3 N–H and O–H groups in total. The van der Waals surface area contributed by atoms with Gasteiger partial charge in [0.2, 0.25) is 5.91 Å². The van der Waals surface area contributed by atoms with E-state index in [1.54, 1.807) is 0 Å². The van der Waals surface area contributed by atoms with E-state index in [2.05, 4.69) is 49.7 Å². The van der Waals surface area contributed by atoms with Gasteiger partial charge in [0.15, 0.2) is 5.82 Å². The number of carbonyl (C=O) groups excluding carboxylic acids is 2. The van der Waals surface area contributed by atoms with Gasteiger partial charge in [0.25, 0.3) is 5.91 Å². The Morgan fingerprint density at radius 3 is 2.30 bits per heavy atom. The molecule has 1 saturated carbocycles. The maximum atomic E-state index is 13.5. The number of benzene rings is 1. The third-order valence-electron chi connectivity index (χ3n) is 11.3. The molecule has 3 aliphatic rings. The normalized spacial score (nSPS) is 23.2. The minimum atomic E-state index is -0.683. The van der Waals surface area contributed by atoms with E-state index in [1.165, 1.54) is 68.3 Å². The Labute approximate surface area is 303 Å². The second-order valence-corrected chi connectivity index (χ2v) is 17.2. The summed E-state index contributed by atoms with van der Waals surface area (Å²) in [4.78, 5) is 38.1. The number of rotatable bonds is 12. The second-order valence-electron chi connectivity index (χ2n) is 16.1. The number of thiophene rings is 1. The summed E-state index contributed by atoms with van der Waals surface area (Å²) < 4.78 is 0. The van der Waals surface area contributed by atoms with Crippen molar-refractivity contribution in [1.82, 2.24) is 25.9 Å². The highest BCUT2D eigenvalue weighted by molar-refractivity contribution is 7.14. The molecule has 268 valence electrons. The second kappa shape index (κ2) is 16.8. The Morgan fingerprint density at radius 2 is 1.68 bits per heavy atom. The summed E-state index contributed by atoms with van der Waals surface area (Å²) in [6, 6.07) is 11.3. The van der Waals surface area contributed by atoms with Crippen LogP contribution in [0.3, 0.4) is 0 Å². The van der Waals surface area contributed by atoms with Gasteiger partial charge in [0.1, 0.15) is 6.04 Å². The van der Waals surface area contributed by atoms with Gasteiger partial charge in [-0.25, -0.2) is 9.97 Å². The number of nitrogens with zero attached hydrogens (tertiary/aromatic N) is 2.